The van der Waals surface area contributed by atoms with Gasteiger partial charge in [0.25, 0.3) is 0 Å². The molecule has 0 amide bonds. The van der Waals surface area contributed by atoms with Crippen molar-refractivity contribution in [2.75, 3.05) is 6.54 Å². The number of nitrogens with one attached hydrogen (secondary N) is 1. The van der Waals surface area contributed by atoms with Crippen LogP contribution in [0.25, 0.3) is 10.8 Å². The number of hydrogen-bond donors (Lipinski definition) is 2. The first-order valence-corrected chi connectivity index (χ1v) is 6.66. The third kappa shape index (κ3) is 2.02. The second kappa shape index (κ2) is 4.71. The van der Waals surface area contributed by atoms with Crippen molar-refractivity contribution < 1.29 is 5.11 Å². The van der Waals surface area contributed by atoms with Gasteiger partial charge in [0, 0.05) is 12.0 Å². The van der Waals surface area contributed by atoms with E-state index in [1.807, 2.05) is 6.92 Å². The predicted molar refractivity (Wildman–Crippen MR) is 74.5 cm³/mol. The van der Waals surface area contributed by atoms with Crippen molar-refractivity contribution >= 4 is 10.8 Å². The van der Waals surface area contributed by atoms with Gasteiger partial charge in [-0.05, 0) is 42.3 Å². The van der Waals surface area contributed by atoms with Gasteiger partial charge < -0.3 is 10.4 Å². The highest BCUT2D eigenvalue weighted by molar-refractivity contribution is 5.83. The summed E-state index contributed by atoms with van der Waals surface area (Å²) in [4.78, 5) is 0. The first kappa shape index (κ1) is 11.7. The van der Waals surface area contributed by atoms with Crippen molar-refractivity contribution in [1.29, 1.82) is 0 Å². The summed E-state index contributed by atoms with van der Waals surface area (Å²) in [5, 5.41) is 15.9. The number of aliphatic hydroxyl groups is 1. The van der Waals surface area contributed by atoms with E-state index in [1.54, 1.807) is 0 Å². The lowest BCUT2D eigenvalue weighted by atomic mass is 9.89. The van der Waals surface area contributed by atoms with Gasteiger partial charge >= 0.3 is 0 Å². The largest absolute Gasteiger partial charge is 0.393 e. The van der Waals surface area contributed by atoms with Crippen LogP contribution in [0.1, 0.15) is 24.9 Å². The summed E-state index contributed by atoms with van der Waals surface area (Å²) in [5.41, 5.74) is 1.29. The Labute approximate surface area is 108 Å². The van der Waals surface area contributed by atoms with Crippen LogP contribution < -0.4 is 5.32 Å². The Kier molecular flexibility index (Phi) is 3.06. The van der Waals surface area contributed by atoms with Crippen LogP contribution in [0.2, 0.25) is 0 Å². The fourth-order valence-electron chi connectivity index (χ4n) is 3.01. The minimum atomic E-state index is -0.253. The second-order valence-electron chi connectivity index (χ2n) is 5.23. The Morgan fingerprint density at radius 3 is 2.72 bits per heavy atom. The molecule has 0 spiro atoms. The Morgan fingerprint density at radius 2 is 1.94 bits per heavy atom. The van der Waals surface area contributed by atoms with E-state index in [0.29, 0.717) is 5.92 Å². The molecule has 0 bridgehead atoms. The van der Waals surface area contributed by atoms with Crippen LogP contribution in [-0.2, 0) is 0 Å². The SMILES string of the molecule is CC(O)C1CCNC1c1ccc2ccccc2c1. The van der Waals surface area contributed by atoms with Crippen molar-refractivity contribution in [2.24, 2.45) is 5.92 Å². The Balaban J connectivity index is 1.98. The van der Waals surface area contributed by atoms with Gasteiger partial charge in [0.2, 0.25) is 0 Å². The number of benzene rings is 2. The van der Waals surface area contributed by atoms with Crippen LogP contribution in [-0.4, -0.2) is 17.8 Å². The predicted octanol–water partition coefficient (Wildman–Crippen LogP) is 2.87. The summed E-state index contributed by atoms with van der Waals surface area (Å²) in [6.07, 6.45) is 0.797. The number of fused-ring (bicyclic) bond motifs is 1. The van der Waals surface area contributed by atoms with E-state index in [0.717, 1.165) is 13.0 Å². The Morgan fingerprint density at radius 1 is 1.17 bits per heavy atom. The molecule has 94 valence electrons. The highest BCUT2D eigenvalue weighted by Crippen LogP contribution is 2.33. The molecule has 2 N–H and O–H groups in total. The molecule has 18 heavy (non-hydrogen) atoms. The van der Waals surface area contributed by atoms with E-state index < -0.39 is 0 Å². The summed E-state index contributed by atoms with van der Waals surface area (Å²) in [6.45, 7) is 2.89. The zero-order valence-corrected chi connectivity index (χ0v) is 10.6. The maximum atomic E-state index is 9.86. The molecule has 1 aliphatic rings. The zero-order valence-electron chi connectivity index (χ0n) is 10.6. The van der Waals surface area contributed by atoms with Gasteiger partial charge in [-0.25, -0.2) is 0 Å². The van der Waals surface area contributed by atoms with Crippen LogP contribution in [0.3, 0.4) is 0 Å². The molecule has 3 rings (SSSR count). The second-order valence-corrected chi connectivity index (χ2v) is 5.23. The van der Waals surface area contributed by atoms with Gasteiger partial charge in [-0.1, -0.05) is 36.4 Å². The van der Waals surface area contributed by atoms with Crippen LogP contribution in [0.5, 0.6) is 0 Å². The van der Waals surface area contributed by atoms with Gasteiger partial charge in [-0.2, -0.15) is 0 Å². The lowest BCUT2D eigenvalue weighted by Gasteiger charge is -2.22. The van der Waals surface area contributed by atoms with Crippen molar-refractivity contribution in [3.63, 3.8) is 0 Å². The van der Waals surface area contributed by atoms with E-state index in [9.17, 15) is 5.11 Å². The van der Waals surface area contributed by atoms with E-state index in [-0.39, 0.29) is 12.1 Å². The molecule has 1 aliphatic heterocycles. The standard InChI is InChI=1S/C16H19NO/c1-11(18)15-8-9-17-16(15)14-7-6-12-4-2-3-5-13(12)10-14/h2-7,10-11,15-18H,8-9H2,1H3. The van der Waals surface area contributed by atoms with Gasteiger partial charge in [0.05, 0.1) is 6.10 Å². The first-order chi connectivity index (χ1) is 8.75. The molecule has 0 aromatic heterocycles. The van der Waals surface area contributed by atoms with Gasteiger partial charge in [-0.3, -0.25) is 0 Å². The third-order valence-corrected chi connectivity index (χ3v) is 4.02. The summed E-state index contributed by atoms with van der Waals surface area (Å²) < 4.78 is 0. The van der Waals surface area contributed by atoms with Crippen molar-refractivity contribution in [3.8, 4) is 0 Å². The molecule has 1 fully saturated rings. The average molecular weight is 241 g/mol. The molecule has 0 radical (unpaired) electrons. The van der Waals surface area contributed by atoms with E-state index in [4.69, 9.17) is 0 Å². The maximum absolute atomic E-state index is 9.86. The number of aliphatic hydroxyl groups excluding tert-OH is 1. The minimum absolute atomic E-state index is 0.253. The topological polar surface area (TPSA) is 32.3 Å². The molecule has 0 saturated carbocycles. The fourth-order valence-corrected chi connectivity index (χ4v) is 3.01. The van der Waals surface area contributed by atoms with Gasteiger partial charge in [-0.15, -0.1) is 0 Å². The lowest BCUT2D eigenvalue weighted by molar-refractivity contribution is 0.117. The van der Waals surface area contributed by atoms with E-state index in [2.05, 4.69) is 47.8 Å². The van der Waals surface area contributed by atoms with Crippen molar-refractivity contribution in [2.45, 2.75) is 25.5 Å². The Bertz CT molecular complexity index is 550. The van der Waals surface area contributed by atoms with Crippen LogP contribution >= 0.6 is 0 Å². The lowest BCUT2D eigenvalue weighted by Crippen LogP contribution is -2.24. The fraction of sp³-hybridized carbons (Fsp3) is 0.375. The monoisotopic (exact) mass is 241 g/mol. The molecule has 2 aromatic carbocycles. The molecule has 3 atom stereocenters. The van der Waals surface area contributed by atoms with E-state index in [1.165, 1.54) is 16.3 Å². The summed E-state index contributed by atoms with van der Waals surface area (Å²) >= 11 is 0. The highest BCUT2D eigenvalue weighted by atomic mass is 16.3. The molecule has 1 heterocycles. The van der Waals surface area contributed by atoms with Crippen LogP contribution in [0.4, 0.5) is 0 Å². The molecule has 2 heteroatoms. The Hall–Kier alpha value is -1.38. The molecule has 2 nitrogen and oxygen atoms in total. The zero-order chi connectivity index (χ0) is 12.5. The maximum Gasteiger partial charge on any atom is 0.0558 e. The average Bonchev–Trinajstić information content (AvgIpc) is 2.87. The smallest absolute Gasteiger partial charge is 0.0558 e. The number of rotatable bonds is 2. The molecule has 2 aromatic rings. The number of hydrogen-bond acceptors (Lipinski definition) is 2. The quantitative estimate of drug-likeness (QED) is 0.847. The van der Waals surface area contributed by atoms with Crippen LogP contribution in [0.15, 0.2) is 42.5 Å². The summed E-state index contributed by atoms with van der Waals surface area (Å²) in [5.74, 6) is 0.325. The summed E-state index contributed by atoms with van der Waals surface area (Å²) in [6, 6.07) is 15.3. The van der Waals surface area contributed by atoms with Crippen LogP contribution in [0, 0.1) is 5.92 Å². The molecular weight excluding hydrogens is 222 g/mol. The van der Waals surface area contributed by atoms with Gasteiger partial charge in [0.1, 0.15) is 0 Å². The summed E-state index contributed by atoms with van der Waals surface area (Å²) in [7, 11) is 0. The van der Waals surface area contributed by atoms with Gasteiger partial charge in [0.15, 0.2) is 0 Å². The molecule has 1 saturated heterocycles. The van der Waals surface area contributed by atoms with Crippen molar-refractivity contribution in [3.05, 3.63) is 48.0 Å². The normalized spacial score (nSPS) is 25.4. The molecule has 3 unspecified atom stereocenters. The highest BCUT2D eigenvalue weighted by Gasteiger charge is 2.31. The van der Waals surface area contributed by atoms with E-state index >= 15 is 0 Å². The van der Waals surface area contributed by atoms with Crippen molar-refractivity contribution in [1.82, 2.24) is 5.32 Å². The first-order valence-electron chi connectivity index (χ1n) is 6.66. The minimum Gasteiger partial charge on any atom is -0.393 e. The molecule has 0 aliphatic carbocycles. The third-order valence-electron chi connectivity index (χ3n) is 4.02. The molecular formula is C16H19NO.